The minimum atomic E-state index is -1.26. The molecule has 5 heterocycles. The van der Waals surface area contributed by atoms with Crippen molar-refractivity contribution >= 4 is 51.9 Å². The van der Waals surface area contributed by atoms with E-state index in [1.165, 1.54) is 23.1 Å². The number of hydrogen-bond donors (Lipinski definition) is 2. The number of nitrogens with zero attached hydrogens (tertiary/aromatic N) is 3. The number of nitrogens with one attached hydrogen (secondary N) is 2. The Labute approximate surface area is 311 Å². The van der Waals surface area contributed by atoms with Crippen LogP contribution >= 0.6 is 11.3 Å². The number of thiophene rings is 1. The molecule has 8 rings (SSSR count). The topological polar surface area (TPSA) is 104 Å². The Bertz CT molecular complexity index is 2290. The van der Waals surface area contributed by atoms with E-state index in [0.29, 0.717) is 50.8 Å². The van der Waals surface area contributed by atoms with Gasteiger partial charge in [-0.3, -0.25) is 14.4 Å². The van der Waals surface area contributed by atoms with Gasteiger partial charge in [0, 0.05) is 78.3 Å². The second-order valence-electron chi connectivity index (χ2n) is 13.9. The van der Waals surface area contributed by atoms with Gasteiger partial charge in [0.25, 0.3) is 17.7 Å². The highest BCUT2D eigenvalue weighted by Crippen LogP contribution is 2.44. The van der Waals surface area contributed by atoms with E-state index in [1.54, 1.807) is 36.5 Å². The van der Waals surface area contributed by atoms with Crippen LogP contribution < -0.4 is 20.4 Å². The van der Waals surface area contributed by atoms with E-state index in [0.717, 1.165) is 56.0 Å². The zero-order chi connectivity index (χ0) is 37.7. The Balaban J connectivity index is 0.990. The maximum absolute atomic E-state index is 14.7. The van der Waals surface area contributed by atoms with Gasteiger partial charge in [0.2, 0.25) is 0 Å². The second-order valence-corrected chi connectivity index (χ2v) is 15.0. The van der Waals surface area contributed by atoms with Crippen LogP contribution in [0.4, 0.5) is 40.4 Å². The van der Waals surface area contributed by atoms with Crippen molar-refractivity contribution in [3.63, 3.8) is 0 Å². The number of carbonyl (C=O) groups is 3. The highest BCUT2D eigenvalue weighted by molar-refractivity contribution is 7.17. The van der Waals surface area contributed by atoms with Gasteiger partial charge in [-0.1, -0.05) is 0 Å². The van der Waals surface area contributed by atoms with Crippen LogP contribution in [0.3, 0.4) is 0 Å². The van der Waals surface area contributed by atoms with Gasteiger partial charge in [-0.25, -0.2) is 22.5 Å². The fourth-order valence-electron chi connectivity index (χ4n) is 7.34. The highest BCUT2D eigenvalue weighted by atomic mass is 32.1. The first-order chi connectivity index (χ1) is 26.0. The quantitative estimate of drug-likeness (QED) is 0.170. The van der Waals surface area contributed by atoms with Crippen LogP contribution in [0.1, 0.15) is 54.4 Å². The third kappa shape index (κ3) is 6.71. The zero-order valence-corrected chi connectivity index (χ0v) is 29.8. The maximum atomic E-state index is 14.7. The molecule has 1 spiro atoms. The molecule has 0 radical (unpaired) electrons. The van der Waals surface area contributed by atoms with Gasteiger partial charge in [-0.2, -0.15) is 0 Å². The molecule has 5 aromatic rings. The summed E-state index contributed by atoms with van der Waals surface area (Å²) in [5.74, 6) is -5.10. The molecule has 0 saturated carbocycles. The second kappa shape index (κ2) is 14.0. The van der Waals surface area contributed by atoms with Gasteiger partial charge in [-0.05, 0) is 91.9 Å². The number of anilines is 4. The minimum absolute atomic E-state index is 0.123. The average molecular weight is 756 g/mol. The average Bonchev–Trinajstić information content (AvgIpc) is 3.50. The summed E-state index contributed by atoms with van der Waals surface area (Å²) in [7, 11) is 0. The van der Waals surface area contributed by atoms with Crippen LogP contribution in [0.2, 0.25) is 0 Å². The molecule has 3 amide bonds. The summed E-state index contributed by atoms with van der Waals surface area (Å²) < 4.78 is 62.1. The standard InChI is InChI=1S/C40H33F4N5O4S/c1-22-14-29(36(45-19-22)48-20-40(21-48)9-12-53-13-10-40)37(50)46-27-5-2-23(3-6-27)39(52)49-11-8-24-15-33(54-35(24)28-7-4-25(41)18-32(28)49)38(51)47-34-30(43)16-26(42)17-31(34)44/h2-7,14-19H,8-13,20-21H2,1H3,(H,46,50)(H,47,51). The van der Waals surface area contributed by atoms with E-state index in [1.807, 2.05) is 13.0 Å². The molecule has 2 N–H and O–H groups in total. The first-order valence-electron chi connectivity index (χ1n) is 17.4. The van der Waals surface area contributed by atoms with E-state index >= 15 is 0 Å². The number of aromatic nitrogens is 1. The summed E-state index contributed by atoms with van der Waals surface area (Å²) in [6.45, 7) is 5.13. The van der Waals surface area contributed by atoms with E-state index < -0.39 is 40.8 Å². The molecule has 0 unspecified atom stereocenters. The van der Waals surface area contributed by atoms with Crippen molar-refractivity contribution in [3.8, 4) is 10.4 Å². The molecular formula is C40H33F4N5O4S. The molecule has 2 aromatic heterocycles. The Hall–Kier alpha value is -5.60. The number of aryl methyl sites for hydroxylation is 1. The first kappa shape index (κ1) is 35.4. The summed E-state index contributed by atoms with van der Waals surface area (Å²) in [5.41, 5.74) is 2.97. The number of benzene rings is 3. The van der Waals surface area contributed by atoms with Gasteiger partial charge in [0.15, 0.2) is 11.6 Å². The SMILES string of the molecule is Cc1cnc(N2CC3(CCOCC3)C2)c(C(=O)Nc2ccc(C(=O)N3CCc4cc(C(=O)Nc5c(F)cc(F)cc5F)sc4-c4ccc(F)cc43)cc2)c1. The maximum Gasteiger partial charge on any atom is 0.265 e. The van der Waals surface area contributed by atoms with Crippen LogP contribution in [0.5, 0.6) is 0 Å². The number of hydrogen-bond acceptors (Lipinski definition) is 7. The molecule has 0 aliphatic carbocycles. The summed E-state index contributed by atoms with van der Waals surface area (Å²) in [4.78, 5) is 49.5. The normalized spacial score (nSPS) is 15.9. The lowest BCUT2D eigenvalue weighted by Crippen LogP contribution is -2.59. The molecule has 2 fully saturated rings. The van der Waals surface area contributed by atoms with Crippen molar-refractivity contribution in [1.82, 2.24) is 4.98 Å². The Morgan fingerprint density at radius 3 is 2.30 bits per heavy atom. The summed E-state index contributed by atoms with van der Waals surface area (Å²) >= 11 is 1.02. The lowest BCUT2D eigenvalue weighted by molar-refractivity contribution is -0.000511. The number of amides is 3. The monoisotopic (exact) mass is 755 g/mol. The molecular weight excluding hydrogens is 723 g/mol. The number of carbonyl (C=O) groups excluding carboxylic acids is 3. The largest absolute Gasteiger partial charge is 0.381 e. The first-order valence-corrected chi connectivity index (χ1v) is 18.2. The summed E-state index contributed by atoms with van der Waals surface area (Å²) in [6, 6.07) is 14.8. The van der Waals surface area contributed by atoms with E-state index in [-0.39, 0.29) is 34.9 Å². The van der Waals surface area contributed by atoms with Crippen LogP contribution in [-0.2, 0) is 11.2 Å². The van der Waals surface area contributed by atoms with E-state index in [4.69, 9.17) is 4.74 Å². The molecule has 3 aliphatic rings. The van der Waals surface area contributed by atoms with Crippen LogP contribution in [0.25, 0.3) is 10.4 Å². The van der Waals surface area contributed by atoms with E-state index in [2.05, 4.69) is 20.5 Å². The highest BCUT2D eigenvalue weighted by Gasteiger charge is 2.45. The van der Waals surface area contributed by atoms with Crippen molar-refractivity contribution in [2.45, 2.75) is 26.2 Å². The fraction of sp³-hybridized carbons (Fsp3) is 0.250. The molecule has 54 heavy (non-hydrogen) atoms. The molecule has 3 aliphatic heterocycles. The predicted molar refractivity (Wildman–Crippen MR) is 197 cm³/mol. The molecule has 0 atom stereocenters. The third-order valence-corrected chi connectivity index (χ3v) is 11.4. The van der Waals surface area contributed by atoms with Crippen molar-refractivity contribution in [3.05, 3.63) is 123 Å². The van der Waals surface area contributed by atoms with Gasteiger partial charge in [-0.15, -0.1) is 11.3 Å². The van der Waals surface area contributed by atoms with Crippen LogP contribution in [0.15, 0.2) is 72.9 Å². The van der Waals surface area contributed by atoms with Crippen molar-refractivity contribution in [2.24, 2.45) is 5.41 Å². The molecule has 2 saturated heterocycles. The lowest BCUT2D eigenvalue weighted by Gasteiger charge is -2.53. The van der Waals surface area contributed by atoms with Gasteiger partial charge in [0.05, 0.1) is 16.1 Å². The van der Waals surface area contributed by atoms with Crippen molar-refractivity contribution < 1.29 is 36.7 Å². The third-order valence-electron chi connectivity index (χ3n) is 10.2. The van der Waals surface area contributed by atoms with Crippen LogP contribution in [0, 0.1) is 35.6 Å². The van der Waals surface area contributed by atoms with Gasteiger partial charge in [0.1, 0.15) is 23.1 Å². The summed E-state index contributed by atoms with van der Waals surface area (Å²) in [5, 5.41) is 5.11. The smallest absolute Gasteiger partial charge is 0.265 e. The minimum Gasteiger partial charge on any atom is -0.381 e. The zero-order valence-electron chi connectivity index (χ0n) is 29.0. The summed E-state index contributed by atoms with van der Waals surface area (Å²) in [6.07, 6.45) is 4.01. The Kier molecular flexibility index (Phi) is 9.18. The molecule has 3 aromatic carbocycles. The van der Waals surface area contributed by atoms with Gasteiger partial charge >= 0.3 is 0 Å². The number of fused-ring (bicyclic) bond motifs is 3. The Morgan fingerprint density at radius 1 is 0.852 bits per heavy atom. The number of halogens is 4. The fourth-order valence-corrected chi connectivity index (χ4v) is 8.48. The Morgan fingerprint density at radius 2 is 1.57 bits per heavy atom. The number of ether oxygens (including phenoxy) is 1. The predicted octanol–water partition coefficient (Wildman–Crippen LogP) is 8.00. The molecule has 0 bridgehead atoms. The van der Waals surface area contributed by atoms with Crippen LogP contribution in [-0.4, -0.2) is 55.6 Å². The van der Waals surface area contributed by atoms with Crippen molar-refractivity contribution in [1.29, 1.82) is 0 Å². The number of rotatable bonds is 6. The van der Waals surface area contributed by atoms with Crippen molar-refractivity contribution in [2.75, 3.05) is 53.3 Å². The molecule has 14 heteroatoms. The number of pyridine rings is 1. The molecule has 9 nitrogen and oxygen atoms in total. The van der Waals surface area contributed by atoms with E-state index in [9.17, 15) is 31.9 Å². The van der Waals surface area contributed by atoms with Gasteiger partial charge < -0.3 is 25.2 Å². The molecule has 276 valence electrons. The lowest BCUT2D eigenvalue weighted by atomic mass is 9.73.